The highest BCUT2D eigenvalue weighted by atomic mass is 16.5. The zero-order chi connectivity index (χ0) is 19.7. The number of aliphatic hydroxyl groups is 3. The topological polar surface area (TPSA) is 79.2 Å². The number of aliphatic hydroxyl groups excluding tert-OH is 2. The zero-order valence-electron chi connectivity index (χ0n) is 17.2. The summed E-state index contributed by atoms with van der Waals surface area (Å²) in [4.78, 5) is 0. The van der Waals surface area contributed by atoms with Crippen LogP contribution in [-0.2, 0) is 9.47 Å². The quantitative estimate of drug-likeness (QED) is 0.629. The lowest BCUT2D eigenvalue weighted by atomic mass is 9.50. The average Bonchev–Trinajstić information content (AvgIpc) is 2.64. The second kappa shape index (κ2) is 6.78. The molecule has 9 atom stereocenters. The number of fused-ring (bicyclic) bond motifs is 8. The Morgan fingerprint density at radius 3 is 2.68 bits per heavy atom. The van der Waals surface area contributed by atoms with Gasteiger partial charge in [-0.05, 0) is 56.8 Å². The van der Waals surface area contributed by atoms with E-state index >= 15 is 0 Å². The van der Waals surface area contributed by atoms with Crippen molar-refractivity contribution in [2.75, 3.05) is 13.2 Å². The van der Waals surface area contributed by atoms with Crippen LogP contribution in [0.4, 0.5) is 0 Å². The summed E-state index contributed by atoms with van der Waals surface area (Å²) in [5.41, 5.74) is 0.445. The Morgan fingerprint density at radius 2 is 1.96 bits per heavy atom. The van der Waals surface area contributed by atoms with E-state index in [9.17, 15) is 15.3 Å². The minimum atomic E-state index is -0.807. The van der Waals surface area contributed by atoms with Crippen molar-refractivity contribution in [3.63, 3.8) is 0 Å². The summed E-state index contributed by atoms with van der Waals surface area (Å²) in [6.45, 7) is 5.01. The van der Waals surface area contributed by atoms with Crippen molar-refractivity contribution >= 4 is 0 Å². The molecule has 28 heavy (non-hydrogen) atoms. The first-order valence-corrected chi connectivity index (χ1v) is 11.3. The summed E-state index contributed by atoms with van der Waals surface area (Å²) < 4.78 is 12.5. The van der Waals surface area contributed by atoms with Gasteiger partial charge in [0.05, 0.1) is 37.1 Å². The lowest BCUT2D eigenvalue weighted by Crippen LogP contribution is -2.62. The molecule has 2 aliphatic heterocycles. The molecule has 0 spiro atoms. The molecule has 5 nitrogen and oxygen atoms in total. The molecule has 0 aromatic heterocycles. The third-order valence-electron chi connectivity index (χ3n) is 9.17. The maximum atomic E-state index is 11.9. The van der Waals surface area contributed by atoms with E-state index in [-0.39, 0.29) is 24.2 Å². The Hall–Kier alpha value is -0.460. The Balaban J connectivity index is 1.55. The summed E-state index contributed by atoms with van der Waals surface area (Å²) >= 11 is 0. The number of allylic oxidation sites excluding steroid dienone is 1. The number of hydrogen-bond donors (Lipinski definition) is 3. The van der Waals surface area contributed by atoms with E-state index < -0.39 is 11.7 Å². The molecule has 5 aliphatic rings. The van der Waals surface area contributed by atoms with Crippen LogP contribution in [0.25, 0.3) is 0 Å². The fourth-order valence-electron chi connectivity index (χ4n) is 7.31. The Labute approximate surface area is 168 Å². The summed E-state index contributed by atoms with van der Waals surface area (Å²) in [7, 11) is 0. The van der Waals surface area contributed by atoms with E-state index in [1.807, 2.05) is 0 Å². The van der Waals surface area contributed by atoms with Crippen molar-refractivity contribution < 1.29 is 24.8 Å². The molecule has 2 heterocycles. The molecule has 2 saturated heterocycles. The van der Waals surface area contributed by atoms with E-state index in [4.69, 9.17) is 9.47 Å². The smallest absolute Gasteiger partial charge is 0.103 e. The van der Waals surface area contributed by atoms with Gasteiger partial charge in [-0.25, -0.2) is 0 Å². The molecule has 9 unspecified atom stereocenters. The molecule has 4 fully saturated rings. The van der Waals surface area contributed by atoms with Gasteiger partial charge in [-0.2, -0.15) is 0 Å². The zero-order valence-corrected chi connectivity index (χ0v) is 17.2. The minimum absolute atomic E-state index is 0.0691. The highest BCUT2D eigenvalue weighted by Gasteiger charge is 2.60. The van der Waals surface area contributed by atoms with Gasteiger partial charge in [-0.1, -0.05) is 25.5 Å². The molecule has 0 amide bonds. The van der Waals surface area contributed by atoms with Crippen LogP contribution >= 0.6 is 0 Å². The first kappa shape index (κ1) is 19.5. The molecule has 0 aromatic rings. The fraction of sp³-hybridized carbons (Fsp3) is 0.913. The SMILES string of the molecule is CC1(C)C2=CCCC1(O)CC1C3COC3CCC1C1OC(C(O)CO)CCC21. The number of hydrogen-bond acceptors (Lipinski definition) is 5. The summed E-state index contributed by atoms with van der Waals surface area (Å²) in [6, 6.07) is 0. The number of ether oxygens (including phenoxy) is 2. The second-order valence-electron chi connectivity index (χ2n) is 10.6. The van der Waals surface area contributed by atoms with Gasteiger partial charge in [0.25, 0.3) is 0 Å². The van der Waals surface area contributed by atoms with Crippen molar-refractivity contribution in [3.8, 4) is 0 Å². The van der Waals surface area contributed by atoms with E-state index in [2.05, 4.69) is 19.9 Å². The predicted molar refractivity (Wildman–Crippen MR) is 105 cm³/mol. The maximum Gasteiger partial charge on any atom is 0.103 e. The molecular weight excluding hydrogens is 356 g/mol. The fourth-order valence-corrected chi connectivity index (χ4v) is 7.31. The van der Waals surface area contributed by atoms with Gasteiger partial charge in [0.1, 0.15) is 6.10 Å². The van der Waals surface area contributed by atoms with Gasteiger partial charge in [-0.15, -0.1) is 0 Å². The number of rotatable bonds is 2. The first-order chi connectivity index (χ1) is 13.4. The van der Waals surface area contributed by atoms with E-state index in [1.54, 1.807) is 0 Å². The van der Waals surface area contributed by atoms with Gasteiger partial charge in [0.2, 0.25) is 0 Å². The molecular formula is C23H36O5. The van der Waals surface area contributed by atoms with Gasteiger partial charge < -0.3 is 24.8 Å². The van der Waals surface area contributed by atoms with Crippen molar-refractivity contribution in [3.05, 3.63) is 11.6 Å². The Morgan fingerprint density at radius 1 is 1.14 bits per heavy atom. The van der Waals surface area contributed by atoms with E-state index in [0.717, 1.165) is 51.6 Å². The first-order valence-electron chi connectivity index (χ1n) is 11.3. The van der Waals surface area contributed by atoms with Crippen molar-refractivity contribution in [2.45, 2.75) is 88.8 Å². The standard InChI is InChI=1S/C23H36O5/c1-22(2)17-4-3-9-23(22,26)10-15-13(5-7-19-16(15)12-27-19)21-14(17)6-8-20(28-21)18(25)11-24/h4,13-16,18-21,24-26H,3,5-12H2,1-2H3. The molecule has 2 saturated carbocycles. The van der Waals surface area contributed by atoms with Crippen LogP contribution < -0.4 is 0 Å². The third-order valence-corrected chi connectivity index (χ3v) is 9.17. The molecule has 3 N–H and O–H groups in total. The molecule has 5 heteroatoms. The monoisotopic (exact) mass is 392 g/mol. The van der Waals surface area contributed by atoms with Crippen LogP contribution in [0, 0.1) is 29.1 Å². The molecule has 2 bridgehead atoms. The molecule has 0 radical (unpaired) electrons. The third kappa shape index (κ3) is 2.70. The second-order valence-corrected chi connectivity index (χ2v) is 10.6. The van der Waals surface area contributed by atoms with Gasteiger partial charge >= 0.3 is 0 Å². The molecule has 5 rings (SSSR count). The highest BCUT2D eigenvalue weighted by molar-refractivity contribution is 5.29. The molecule has 158 valence electrons. The van der Waals surface area contributed by atoms with Crippen molar-refractivity contribution in [2.24, 2.45) is 29.1 Å². The lowest BCUT2D eigenvalue weighted by Gasteiger charge is -2.61. The Kier molecular flexibility index (Phi) is 4.72. The molecule has 3 aliphatic carbocycles. The van der Waals surface area contributed by atoms with Gasteiger partial charge in [-0.3, -0.25) is 0 Å². The van der Waals surface area contributed by atoms with Crippen LogP contribution in [0.5, 0.6) is 0 Å². The molecule has 0 aromatic carbocycles. The van der Waals surface area contributed by atoms with Crippen LogP contribution in [0.2, 0.25) is 0 Å². The average molecular weight is 393 g/mol. The van der Waals surface area contributed by atoms with Crippen LogP contribution in [0.1, 0.15) is 58.8 Å². The van der Waals surface area contributed by atoms with Crippen LogP contribution in [0.15, 0.2) is 11.6 Å². The predicted octanol–water partition coefficient (Wildman–Crippen LogP) is 2.43. The van der Waals surface area contributed by atoms with Gasteiger partial charge in [0.15, 0.2) is 0 Å². The van der Waals surface area contributed by atoms with E-state index in [0.29, 0.717) is 29.8 Å². The maximum absolute atomic E-state index is 11.9. The summed E-state index contributed by atoms with van der Waals surface area (Å²) in [5, 5.41) is 31.6. The highest BCUT2D eigenvalue weighted by Crippen LogP contribution is 2.60. The normalized spacial score (nSPS) is 50.6. The Bertz CT molecular complexity index is 645. The largest absolute Gasteiger partial charge is 0.394 e. The lowest BCUT2D eigenvalue weighted by molar-refractivity contribution is -0.234. The van der Waals surface area contributed by atoms with E-state index in [1.165, 1.54) is 5.57 Å². The van der Waals surface area contributed by atoms with Crippen LogP contribution in [-0.4, -0.2) is 58.6 Å². The summed E-state index contributed by atoms with van der Waals surface area (Å²) in [6.07, 6.45) is 8.18. The van der Waals surface area contributed by atoms with Crippen molar-refractivity contribution in [1.29, 1.82) is 0 Å². The van der Waals surface area contributed by atoms with Gasteiger partial charge in [0, 0.05) is 17.3 Å². The van der Waals surface area contributed by atoms with Crippen LogP contribution in [0.3, 0.4) is 0 Å². The minimum Gasteiger partial charge on any atom is -0.394 e. The summed E-state index contributed by atoms with van der Waals surface area (Å²) in [5.74, 6) is 1.63. The van der Waals surface area contributed by atoms with Crippen molar-refractivity contribution in [1.82, 2.24) is 0 Å².